The van der Waals surface area contributed by atoms with Crippen molar-refractivity contribution in [1.29, 1.82) is 0 Å². The van der Waals surface area contributed by atoms with Crippen molar-refractivity contribution in [3.63, 3.8) is 0 Å². The van der Waals surface area contributed by atoms with Gasteiger partial charge in [-0.1, -0.05) is 55.7 Å². The van der Waals surface area contributed by atoms with Gasteiger partial charge in [-0.05, 0) is 72.6 Å². The molecule has 2 aliphatic rings. The van der Waals surface area contributed by atoms with Crippen molar-refractivity contribution in [2.75, 3.05) is 0 Å². The maximum Gasteiger partial charge on any atom is 0.0127 e. The van der Waals surface area contributed by atoms with Gasteiger partial charge >= 0.3 is 0 Å². The number of hydrogen-bond acceptors (Lipinski definition) is 0. The molecule has 0 aromatic carbocycles. The summed E-state index contributed by atoms with van der Waals surface area (Å²) in [5, 5.41) is 0. The van der Waals surface area contributed by atoms with Crippen LogP contribution in [0.1, 0.15) is 52.9 Å². The summed E-state index contributed by atoms with van der Waals surface area (Å²) in [4.78, 5) is 0. The molecule has 2 rings (SSSR count). The molecule has 0 nitrogen and oxygen atoms in total. The molecule has 0 bridgehead atoms. The van der Waals surface area contributed by atoms with E-state index in [4.69, 9.17) is 0 Å². The highest BCUT2D eigenvalue weighted by Gasteiger charge is 2.25. The highest BCUT2D eigenvalue weighted by Crippen LogP contribution is 2.41. The molecule has 1 heteroatoms. The maximum atomic E-state index is 2.42. The Balaban J connectivity index is 2.31. The summed E-state index contributed by atoms with van der Waals surface area (Å²) in [6.07, 6.45) is 15.5. The molecule has 0 N–H and O–H groups in total. The van der Waals surface area contributed by atoms with Gasteiger partial charge in [0.15, 0.2) is 0 Å². The molecule has 2 unspecified atom stereocenters. The van der Waals surface area contributed by atoms with Crippen molar-refractivity contribution >= 4 is 22.6 Å². The molecule has 0 aliphatic heterocycles. The summed E-state index contributed by atoms with van der Waals surface area (Å²) in [6.45, 7) is 7.04. The molecule has 19 heavy (non-hydrogen) atoms. The summed E-state index contributed by atoms with van der Waals surface area (Å²) in [7, 11) is 0. The van der Waals surface area contributed by atoms with E-state index in [2.05, 4.69) is 67.7 Å². The zero-order valence-electron chi connectivity index (χ0n) is 12.4. The van der Waals surface area contributed by atoms with E-state index in [1.165, 1.54) is 35.7 Å². The van der Waals surface area contributed by atoms with Crippen LogP contribution in [-0.2, 0) is 0 Å². The second kappa shape index (κ2) is 6.92. The summed E-state index contributed by atoms with van der Waals surface area (Å²) >= 11 is 2.42. The first-order valence-corrected chi connectivity index (χ1v) is 8.67. The minimum absolute atomic E-state index is 0.747. The SMILES string of the molecule is CCC1=C(C(C)CC)CC2CC=CC(I)=CC=C2C1. The highest BCUT2D eigenvalue weighted by molar-refractivity contribution is 14.1. The van der Waals surface area contributed by atoms with E-state index in [1.807, 2.05) is 0 Å². The molecule has 0 amide bonds. The first-order chi connectivity index (χ1) is 9.15. The zero-order valence-corrected chi connectivity index (χ0v) is 14.5. The van der Waals surface area contributed by atoms with Crippen molar-refractivity contribution < 1.29 is 0 Å². The zero-order chi connectivity index (χ0) is 13.8. The summed E-state index contributed by atoms with van der Waals surface area (Å²) < 4.78 is 1.35. The molecule has 2 aliphatic carbocycles. The molecule has 0 fully saturated rings. The molecule has 0 heterocycles. The van der Waals surface area contributed by atoms with Gasteiger partial charge in [0.05, 0.1) is 0 Å². The lowest BCUT2D eigenvalue weighted by molar-refractivity contribution is 0.501. The van der Waals surface area contributed by atoms with E-state index in [-0.39, 0.29) is 0 Å². The lowest BCUT2D eigenvalue weighted by Crippen LogP contribution is -2.17. The maximum absolute atomic E-state index is 2.42. The Labute approximate surface area is 131 Å². The van der Waals surface area contributed by atoms with Crippen molar-refractivity contribution in [3.05, 3.63) is 44.6 Å². The molecule has 0 saturated heterocycles. The van der Waals surface area contributed by atoms with Gasteiger partial charge < -0.3 is 0 Å². The fourth-order valence-electron chi connectivity index (χ4n) is 3.21. The van der Waals surface area contributed by atoms with E-state index >= 15 is 0 Å². The Morgan fingerprint density at radius 2 is 2.11 bits per heavy atom. The van der Waals surface area contributed by atoms with E-state index < -0.39 is 0 Å². The Bertz CT molecular complexity index is 448. The van der Waals surface area contributed by atoms with Gasteiger partial charge in [-0.2, -0.15) is 0 Å². The minimum atomic E-state index is 0.747. The molecular formula is C18H25I. The topological polar surface area (TPSA) is 0 Å². The molecule has 2 atom stereocenters. The van der Waals surface area contributed by atoms with E-state index in [0.29, 0.717) is 0 Å². The van der Waals surface area contributed by atoms with Gasteiger partial charge in [0, 0.05) is 3.58 Å². The van der Waals surface area contributed by atoms with Crippen LogP contribution in [0.3, 0.4) is 0 Å². The van der Waals surface area contributed by atoms with Crippen LogP contribution in [0.25, 0.3) is 0 Å². The Hall–Kier alpha value is -0.310. The van der Waals surface area contributed by atoms with Gasteiger partial charge in [0.25, 0.3) is 0 Å². The van der Waals surface area contributed by atoms with Gasteiger partial charge in [-0.3, -0.25) is 0 Å². The van der Waals surface area contributed by atoms with E-state index in [9.17, 15) is 0 Å². The highest BCUT2D eigenvalue weighted by atomic mass is 127. The summed E-state index contributed by atoms with van der Waals surface area (Å²) in [6, 6.07) is 0. The third kappa shape index (κ3) is 3.62. The first kappa shape index (κ1) is 15.1. The fraction of sp³-hybridized carbons (Fsp3) is 0.556. The van der Waals surface area contributed by atoms with Crippen LogP contribution in [0.5, 0.6) is 0 Å². The predicted octanol–water partition coefficient (Wildman–Crippen LogP) is 6.35. The lowest BCUT2D eigenvalue weighted by Gasteiger charge is -2.32. The normalized spacial score (nSPS) is 25.2. The molecule has 0 spiro atoms. The van der Waals surface area contributed by atoms with Crippen LogP contribution >= 0.6 is 22.6 Å². The average Bonchev–Trinajstić information content (AvgIpc) is 2.42. The molecule has 0 aromatic heterocycles. The second-order valence-electron chi connectivity index (χ2n) is 5.80. The van der Waals surface area contributed by atoms with Crippen LogP contribution in [0.4, 0.5) is 0 Å². The lowest BCUT2D eigenvalue weighted by atomic mass is 9.73. The molecule has 0 radical (unpaired) electrons. The number of rotatable bonds is 3. The minimum Gasteiger partial charge on any atom is -0.0829 e. The molecule has 0 saturated carbocycles. The standard InChI is InChI=1S/C18H25I/c1-4-13(3)18-12-15-7-6-8-17(19)10-9-16(15)11-14(18)5-2/h6,8-10,13,15H,4-5,7,11-12H2,1-3H3. The number of allylic oxidation sites excluding steroid dienone is 8. The largest absolute Gasteiger partial charge is 0.0829 e. The Morgan fingerprint density at radius 1 is 1.32 bits per heavy atom. The Morgan fingerprint density at radius 3 is 2.79 bits per heavy atom. The predicted molar refractivity (Wildman–Crippen MR) is 93.4 cm³/mol. The monoisotopic (exact) mass is 368 g/mol. The first-order valence-electron chi connectivity index (χ1n) is 7.59. The average molecular weight is 368 g/mol. The van der Waals surface area contributed by atoms with Gasteiger partial charge in [0.1, 0.15) is 0 Å². The third-order valence-electron chi connectivity index (χ3n) is 4.65. The van der Waals surface area contributed by atoms with Crippen LogP contribution in [0.15, 0.2) is 44.6 Å². The number of fused-ring (bicyclic) bond motifs is 1. The summed E-state index contributed by atoms with van der Waals surface area (Å²) in [5.74, 6) is 1.51. The second-order valence-corrected chi connectivity index (χ2v) is 7.05. The number of halogens is 1. The smallest absolute Gasteiger partial charge is 0.0127 e. The van der Waals surface area contributed by atoms with E-state index in [0.717, 1.165) is 11.8 Å². The van der Waals surface area contributed by atoms with Crippen LogP contribution in [0, 0.1) is 11.8 Å². The van der Waals surface area contributed by atoms with Crippen molar-refractivity contribution in [1.82, 2.24) is 0 Å². The number of hydrogen-bond donors (Lipinski definition) is 0. The Kier molecular flexibility index (Phi) is 5.49. The van der Waals surface area contributed by atoms with Crippen LogP contribution in [0.2, 0.25) is 0 Å². The van der Waals surface area contributed by atoms with Gasteiger partial charge in [-0.25, -0.2) is 0 Å². The van der Waals surface area contributed by atoms with Crippen molar-refractivity contribution in [3.8, 4) is 0 Å². The fourth-order valence-corrected chi connectivity index (χ4v) is 3.64. The quantitative estimate of drug-likeness (QED) is 0.402. The van der Waals surface area contributed by atoms with Crippen LogP contribution < -0.4 is 0 Å². The third-order valence-corrected chi connectivity index (χ3v) is 5.37. The van der Waals surface area contributed by atoms with Gasteiger partial charge in [0.2, 0.25) is 0 Å². The van der Waals surface area contributed by atoms with Crippen molar-refractivity contribution in [2.24, 2.45) is 11.8 Å². The van der Waals surface area contributed by atoms with Gasteiger partial charge in [-0.15, -0.1) is 0 Å². The molecule has 0 aromatic rings. The van der Waals surface area contributed by atoms with Crippen LogP contribution in [-0.4, -0.2) is 0 Å². The van der Waals surface area contributed by atoms with E-state index in [1.54, 1.807) is 16.7 Å². The molecule has 104 valence electrons. The van der Waals surface area contributed by atoms with Crippen molar-refractivity contribution in [2.45, 2.75) is 52.9 Å². The summed E-state index contributed by atoms with van der Waals surface area (Å²) in [5.41, 5.74) is 5.13. The molecular weight excluding hydrogens is 343 g/mol.